The van der Waals surface area contributed by atoms with Crippen molar-refractivity contribution in [3.63, 3.8) is 0 Å². The zero-order valence-corrected chi connectivity index (χ0v) is 11.5. The maximum Gasteiger partial charge on any atom is 0.225 e. The molecule has 1 atom stereocenters. The normalized spacial score (nSPS) is 19.0. The van der Waals surface area contributed by atoms with Crippen molar-refractivity contribution in [1.29, 1.82) is 0 Å². The number of rotatable bonds is 4. The van der Waals surface area contributed by atoms with E-state index in [4.69, 9.17) is 4.74 Å². The Hall–Kier alpha value is -1.94. The molecule has 0 radical (unpaired) electrons. The van der Waals surface area contributed by atoms with Crippen LogP contribution in [0.2, 0.25) is 0 Å². The van der Waals surface area contributed by atoms with Gasteiger partial charge in [0, 0.05) is 25.5 Å². The molecule has 3 rings (SSSR count). The highest BCUT2D eigenvalue weighted by molar-refractivity contribution is 5.29. The third-order valence-corrected chi connectivity index (χ3v) is 3.54. The second-order valence-corrected chi connectivity index (χ2v) is 5.06. The van der Waals surface area contributed by atoms with E-state index in [0.29, 0.717) is 6.61 Å². The Bertz CT molecular complexity index is 518. The molecule has 1 saturated heterocycles. The van der Waals surface area contributed by atoms with E-state index in [2.05, 4.69) is 27.0 Å². The SMILES string of the molecule is c1ccc(CO[C@@H]2CCCN(c3ncccn3)C2)cc1. The van der Waals surface area contributed by atoms with E-state index in [0.717, 1.165) is 31.9 Å². The van der Waals surface area contributed by atoms with E-state index in [1.807, 2.05) is 24.3 Å². The van der Waals surface area contributed by atoms with Crippen LogP contribution in [-0.4, -0.2) is 29.2 Å². The van der Waals surface area contributed by atoms with Gasteiger partial charge in [0.05, 0.1) is 12.7 Å². The Balaban J connectivity index is 1.56. The number of aromatic nitrogens is 2. The summed E-state index contributed by atoms with van der Waals surface area (Å²) in [7, 11) is 0. The molecule has 104 valence electrons. The van der Waals surface area contributed by atoms with E-state index >= 15 is 0 Å². The summed E-state index contributed by atoms with van der Waals surface area (Å²) >= 11 is 0. The number of piperidine rings is 1. The van der Waals surface area contributed by atoms with Crippen molar-refractivity contribution >= 4 is 5.95 Å². The van der Waals surface area contributed by atoms with Gasteiger partial charge in [0.1, 0.15) is 0 Å². The monoisotopic (exact) mass is 269 g/mol. The fourth-order valence-electron chi connectivity index (χ4n) is 2.50. The molecule has 1 aliphatic heterocycles. The van der Waals surface area contributed by atoms with Gasteiger partial charge >= 0.3 is 0 Å². The highest BCUT2D eigenvalue weighted by atomic mass is 16.5. The highest BCUT2D eigenvalue weighted by Crippen LogP contribution is 2.18. The Kier molecular flexibility index (Phi) is 4.23. The van der Waals surface area contributed by atoms with Crippen molar-refractivity contribution in [3.8, 4) is 0 Å². The minimum absolute atomic E-state index is 0.257. The van der Waals surface area contributed by atoms with Crippen molar-refractivity contribution in [3.05, 3.63) is 54.4 Å². The summed E-state index contributed by atoms with van der Waals surface area (Å²) in [6.07, 6.45) is 6.06. The first-order valence-corrected chi connectivity index (χ1v) is 7.09. The van der Waals surface area contributed by atoms with Crippen LogP contribution in [0.15, 0.2) is 48.8 Å². The van der Waals surface area contributed by atoms with E-state index < -0.39 is 0 Å². The molecule has 0 spiro atoms. The maximum absolute atomic E-state index is 6.02. The van der Waals surface area contributed by atoms with Gasteiger partial charge in [-0.3, -0.25) is 0 Å². The molecular formula is C16H19N3O. The third-order valence-electron chi connectivity index (χ3n) is 3.54. The molecule has 2 heterocycles. The van der Waals surface area contributed by atoms with Crippen molar-refractivity contribution in [2.75, 3.05) is 18.0 Å². The Morgan fingerprint density at radius 2 is 1.90 bits per heavy atom. The zero-order chi connectivity index (χ0) is 13.6. The smallest absolute Gasteiger partial charge is 0.225 e. The second kappa shape index (κ2) is 6.48. The van der Waals surface area contributed by atoms with Crippen LogP contribution in [0.1, 0.15) is 18.4 Å². The molecule has 0 saturated carbocycles. The lowest BCUT2D eigenvalue weighted by Gasteiger charge is -2.32. The van der Waals surface area contributed by atoms with Gasteiger partial charge in [-0.15, -0.1) is 0 Å². The van der Waals surface area contributed by atoms with Crippen molar-refractivity contribution in [1.82, 2.24) is 9.97 Å². The van der Waals surface area contributed by atoms with Crippen LogP contribution in [0.5, 0.6) is 0 Å². The predicted molar refractivity (Wildman–Crippen MR) is 78.5 cm³/mol. The fraction of sp³-hybridized carbons (Fsp3) is 0.375. The van der Waals surface area contributed by atoms with Crippen LogP contribution in [0.4, 0.5) is 5.95 Å². The van der Waals surface area contributed by atoms with Gasteiger partial charge in [0.15, 0.2) is 0 Å². The summed E-state index contributed by atoms with van der Waals surface area (Å²) < 4.78 is 6.02. The average Bonchev–Trinajstić information content (AvgIpc) is 2.55. The molecule has 1 aromatic heterocycles. The molecule has 0 amide bonds. The summed E-state index contributed by atoms with van der Waals surface area (Å²) in [6, 6.07) is 12.2. The maximum atomic E-state index is 6.02. The van der Waals surface area contributed by atoms with Gasteiger partial charge in [-0.1, -0.05) is 30.3 Å². The molecule has 1 aromatic carbocycles. The first kappa shape index (κ1) is 13.1. The first-order valence-electron chi connectivity index (χ1n) is 7.09. The summed E-state index contributed by atoms with van der Waals surface area (Å²) in [6.45, 7) is 2.56. The molecular weight excluding hydrogens is 250 g/mol. The highest BCUT2D eigenvalue weighted by Gasteiger charge is 2.21. The molecule has 4 heteroatoms. The van der Waals surface area contributed by atoms with Crippen molar-refractivity contribution in [2.24, 2.45) is 0 Å². The second-order valence-electron chi connectivity index (χ2n) is 5.06. The Morgan fingerprint density at radius 1 is 1.10 bits per heavy atom. The molecule has 4 nitrogen and oxygen atoms in total. The molecule has 1 fully saturated rings. The molecule has 1 aliphatic rings. The molecule has 2 aromatic rings. The molecule has 0 unspecified atom stereocenters. The van der Waals surface area contributed by atoms with Gasteiger partial charge in [-0.05, 0) is 24.5 Å². The fourth-order valence-corrected chi connectivity index (χ4v) is 2.50. The lowest BCUT2D eigenvalue weighted by molar-refractivity contribution is 0.0313. The molecule has 20 heavy (non-hydrogen) atoms. The summed E-state index contributed by atoms with van der Waals surface area (Å²) in [4.78, 5) is 10.8. The number of hydrogen-bond acceptors (Lipinski definition) is 4. The number of benzene rings is 1. The molecule has 0 aliphatic carbocycles. The van der Waals surface area contributed by atoms with Gasteiger partial charge in [-0.2, -0.15) is 0 Å². The Morgan fingerprint density at radius 3 is 2.70 bits per heavy atom. The first-order chi connectivity index (χ1) is 9.92. The van der Waals surface area contributed by atoms with Crippen LogP contribution in [-0.2, 0) is 11.3 Å². The number of anilines is 1. The van der Waals surface area contributed by atoms with Gasteiger partial charge in [0.25, 0.3) is 0 Å². The summed E-state index contributed by atoms with van der Waals surface area (Å²) in [5, 5.41) is 0. The summed E-state index contributed by atoms with van der Waals surface area (Å²) in [5.41, 5.74) is 1.22. The van der Waals surface area contributed by atoms with Crippen LogP contribution in [0, 0.1) is 0 Å². The van der Waals surface area contributed by atoms with E-state index in [-0.39, 0.29) is 6.10 Å². The van der Waals surface area contributed by atoms with Crippen LogP contribution in [0.3, 0.4) is 0 Å². The number of ether oxygens (including phenoxy) is 1. The minimum atomic E-state index is 0.257. The van der Waals surface area contributed by atoms with Crippen LogP contribution in [0.25, 0.3) is 0 Å². The van der Waals surface area contributed by atoms with Crippen LogP contribution < -0.4 is 4.90 Å². The molecule has 0 bridgehead atoms. The van der Waals surface area contributed by atoms with Crippen LogP contribution >= 0.6 is 0 Å². The minimum Gasteiger partial charge on any atom is -0.372 e. The third kappa shape index (κ3) is 3.33. The Labute approximate surface area is 119 Å². The van der Waals surface area contributed by atoms with E-state index in [9.17, 15) is 0 Å². The predicted octanol–water partition coefficient (Wildman–Crippen LogP) is 2.66. The van der Waals surface area contributed by atoms with Gasteiger partial charge in [-0.25, -0.2) is 9.97 Å². The average molecular weight is 269 g/mol. The number of nitrogens with zero attached hydrogens (tertiary/aromatic N) is 3. The quantitative estimate of drug-likeness (QED) is 0.855. The van der Waals surface area contributed by atoms with Gasteiger partial charge < -0.3 is 9.64 Å². The topological polar surface area (TPSA) is 38.2 Å². The van der Waals surface area contributed by atoms with E-state index in [1.165, 1.54) is 5.56 Å². The molecule has 0 N–H and O–H groups in total. The van der Waals surface area contributed by atoms with Crippen molar-refractivity contribution in [2.45, 2.75) is 25.6 Å². The largest absolute Gasteiger partial charge is 0.372 e. The van der Waals surface area contributed by atoms with E-state index in [1.54, 1.807) is 12.4 Å². The van der Waals surface area contributed by atoms with Crippen molar-refractivity contribution < 1.29 is 4.74 Å². The lowest BCUT2D eigenvalue weighted by Crippen LogP contribution is -2.40. The number of hydrogen-bond donors (Lipinski definition) is 0. The summed E-state index contributed by atoms with van der Waals surface area (Å²) in [5.74, 6) is 0.806. The standard InChI is InChI=1S/C16H19N3O/c1-2-6-14(7-3-1)13-20-15-8-4-11-19(12-15)16-17-9-5-10-18-16/h1-3,5-7,9-10,15H,4,8,11-13H2/t15-/m1/s1. The zero-order valence-electron chi connectivity index (χ0n) is 11.5. The van der Waals surface area contributed by atoms with Gasteiger partial charge in [0.2, 0.25) is 5.95 Å². The lowest BCUT2D eigenvalue weighted by atomic mass is 10.1.